The molecule has 1 saturated carbocycles. The molecule has 130 valence electrons. The smallest absolute Gasteiger partial charge is 0.310 e. The second kappa shape index (κ2) is 7.95. The van der Waals surface area contributed by atoms with Crippen molar-refractivity contribution in [3.05, 3.63) is 29.8 Å². The van der Waals surface area contributed by atoms with E-state index in [4.69, 9.17) is 0 Å². The molecule has 1 aromatic carbocycles. The predicted octanol–water partition coefficient (Wildman–Crippen LogP) is 2.80. The molecule has 0 atom stereocenters. The number of aliphatic carboxylic acids is 1. The summed E-state index contributed by atoms with van der Waals surface area (Å²) in [5.41, 5.74) is -0.173. The van der Waals surface area contributed by atoms with Crippen molar-refractivity contribution in [2.45, 2.75) is 45.4 Å². The molecule has 1 aliphatic carbocycles. The van der Waals surface area contributed by atoms with Gasteiger partial charge in [-0.05, 0) is 31.4 Å². The maximum absolute atomic E-state index is 12.4. The van der Waals surface area contributed by atoms with Gasteiger partial charge in [-0.25, -0.2) is 0 Å². The van der Waals surface area contributed by atoms with Crippen LogP contribution in [0.5, 0.6) is 0 Å². The maximum atomic E-state index is 12.4. The highest BCUT2D eigenvalue weighted by Gasteiger charge is 2.43. The highest BCUT2D eigenvalue weighted by atomic mass is 16.4. The van der Waals surface area contributed by atoms with E-state index in [1.54, 1.807) is 24.3 Å². The van der Waals surface area contributed by atoms with Gasteiger partial charge < -0.3 is 15.7 Å². The van der Waals surface area contributed by atoms with E-state index in [0.29, 0.717) is 30.6 Å². The summed E-state index contributed by atoms with van der Waals surface area (Å²) in [6, 6.07) is 6.75. The normalized spacial score (nSPS) is 15.7. The number of hydrogen-bond acceptors (Lipinski definition) is 3. The Labute approximate surface area is 141 Å². The van der Waals surface area contributed by atoms with Crippen molar-refractivity contribution >= 4 is 23.5 Å². The lowest BCUT2D eigenvalue weighted by molar-refractivity contribution is -0.150. The predicted molar refractivity (Wildman–Crippen MR) is 90.8 cm³/mol. The fourth-order valence-corrected chi connectivity index (χ4v) is 3.14. The number of benzene rings is 1. The van der Waals surface area contributed by atoms with E-state index in [1.807, 2.05) is 6.92 Å². The van der Waals surface area contributed by atoms with Gasteiger partial charge in [-0.1, -0.05) is 31.9 Å². The third-order valence-corrected chi connectivity index (χ3v) is 4.49. The summed E-state index contributed by atoms with van der Waals surface area (Å²) in [5, 5.41) is 15.0. The molecule has 0 aliphatic heterocycles. The lowest BCUT2D eigenvalue weighted by Crippen LogP contribution is -2.33. The van der Waals surface area contributed by atoms with Gasteiger partial charge in [0.25, 0.3) is 5.91 Å². The van der Waals surface area contributed by atoms with Crippen LogP contribution < -0.4 is 10.6 Å². The number of carbonyl (C=O) groups is 3. The van der Waals surface area contributed by atoms with Crippen molar-refractivity contribution < 1.29 is 19.5 Å². The highest BCUT2D eigenvalue weighted by Crippen LogP contribution is 2.41. The summed E-state index contributed by atoms with van der Waals surface area (Å²) in [6.07, 6.45) is 3.46. The van der Waals surface area contributed by atoms with Gasteiger partial charge in [0.1, 0.15) is 0 Å². The summed E-state index contributed by atoms with van der Waals surface area (Å²) >= 11 is 0. The summed E-state index contributed by atoms with van der Waals surface area (Å²) in [6.45, 7) is 2.52. The van der Waals surface area contributed by atoms with Crippen LogP contribution in [-0.4, -0.2) is 29.4 Å². The van der Waals surface area contributed by atoms with Crippen molar-refractivity contribution in [3.8, 4) is 0 Å². The Hall–Kier alpha value is -2.37. The van der Waals surface area contributed by atoms with Gasteiger partial charge in [-0.3, -0.25) is 14.4 Å². The molecule has 1 aliphatic rings. The molecule has 0 bridgehead atoms. The summed E-state index contributed by atoms with van der Waals surface area (Å²) < 4.78 is 0. The number of para-hydroxylation sites is 1. The molecule has 24 heavy (non-hydrogen) atoms. The molecule has 6 nitrogen and oxygen atoms in total. The molecule has 6 heteroatoms. The third-order valence-electron chi connectivity index (χ3n) is 4.49. The number of anilines is 1. The molecule has 1 aromatic rings. The van der Waals surface area contributed by atoms with Crippen LogP contribution in [0.4, 0.5) is 5.69 Å². The van der Waals surface area contributed by atoms with Crippen LogP contribution in [0.15, 0.2) is 24.3 Å². The molecular weight excluding hydrogens is 308 g/mol. The Morgan fingerprint density at radius 2 is 1.83 bits per heavy atom. The van der Waals surface area contributed by atoms with Crippen LogP contribution in [0.25, 0.3) is 0 Å². The summed E-state index contributed by atoms with van der Waals surface area (Å²) in [5.74, 6) is -1.53. The molecular formula is C18H24N2O4. The lowest BCUT2D eigenvalue weighted by Gasteiger charge is -2.23. The van der Waals surface area contributed by atoms with Crippen LogP contribution in [0.2, 0.25) is 0 Å². The minimum atomic E-state index is -0.969. The highest BCUT2D eigenvalue weighted by molar-refractivity contribution is 6.04. The van der Waals surface area contributed by atoms with Crippen molar-refractivity contribution in [1.29, 1.82) is 0 Å². The fraction of sp³-hybridized carbons (Fsp3) is 0.500. The number of carboxylic acid groups (broad SMARTS) is 1. The Kier molecular flexibility index (Phi) is 5.95. The molecule has 0 aromatic heterocycles. The van der Waals surface area contributed by atoms with E-state index in [9.17, 15) is 19.5 Å². The van der Waals surface area contributed by atoms with Crippen molar-refractivity contribution in [1.82, 2.24) is 5.32 Å². The first-order valence-corrected chi connectivity index (χ1v) is 8.39. The van der Waals surface area contributed by atoms with Crippen LogP contribution >= 0.6 is 0 Å². The molecule has 0 heterocycles. The zero-order chi connectivity index (χ0) is 17.6. The van der Waals surface area contributed by atoms with Gasteiger partial charge in [-0.2, -0.15) is 0 Å². The molecule has 0 spiro atoms. The summed E-state index contributed by atoms with van der Waals surface area (Å²) in [4.78, 5) is 36.1. The summed E-state index contributed by atoms with van der Waals surface area (Å²) in [7, 11) is 0. The van der Waals surface area contributed by atoms with Crippen LogP contribution in [0, 0.1) is 5.41 Å². The topological polar surface area (TPSA) is 95.5 Å². The first-order chi connectivity index (χ1) is 11.5. The molecule has 0 unspecified atom stereocenters. The quantitative estimate of drug-likeness (QED) is 0.715. The number of carboxylic acids is 1. The molecule has 1 fully saturated rings. The van der Waals surface area contributed by atoms with Crippen molar-refractivity contribution in [2.75, 3.05) is 11.9 Å². The molecule has 2 rings (SSSR count). The second-order valence-corrected chi connectivity index (χ2v) is 6.32. The zero-order valence-electron chi connectivity index (χ0n) is 13.9. The third kappa shape index (κ3) is 4.13. The van der Waals surface area contributed by atoms with Gasteiger partial charge in [0.05, 0.1) is 16.7 Å². The van der Waals surface area contributed by atoms with E-state index in [-0.39, 0.29) is 18.2 Å². The number of hydrogen-bond donors (Lipinski definition) is 3. The monoisotopic (exact) mass is 332 g/mol. The Morgan fingerprint density at radius 3 is 2.46 bits per heavy atom. The van der Waals surface area contributed by atoms with E-state index in [2.05, 4.69) is 10.6 Å². The Balaban J connectivity index is 2.09. The first kappa shape index (κ1) is 18.0. The number of carbonyl (C=O) groups excluding carboxylic acids is 2. The van der Waals surface area contributed by atoms with Crippen LogP contribution in [0.3, 0.4) is 0 Å². The maximum Gasteiger partial charge on any atom is 0.310 e. The van der Waals surface area contributed by atoms with Crippen molar-refractivity contribution in [3.63, 3.8) is 0 Å². The second-order valence-electron chi connectivity index (χ2n) is 6.32. The standard InChI is InChI=1S/C18H24N2O4/c1-2-11-19-16(22)13-7-3-4-8-14(13)20-15(21)12-18(17(23)24)9-5-6-10-18/h3-4,7-8H,2,5-6,9-12H2,1H3,(H,19,22)(H,20,21)(H,23,24). The molecule has 0 radical (unpaired) electrons. The number of nitrogens with one attached hydrogen (secondary N) is 2. The van der Waals surface area contributed by atoms with Gasteiger partial charge in [0.2, 0.25) is 5.91 Å². The van der Waals surface area contributed by atoms with E-state index >= 15 is 0 Å². The molecule has 0 saturated heterocycles. The molecule has 2 amide bonds. The Morgan fingerprint density at radius 1 is 1.17 bits per heavy atom. The SMILES string of the molecule is CCCNC(=O)c1ccccc1NC(=O)CC1(C(=O)O)CCCC1. The number of rotatable bonds is 7. The average molecular weight is 332 g/mol. The van der Waals surface area contributed by atoms with E-state index < -0.39 is 11.4 Å². The van der Waals surface area contributed by atoms with Crippen LogP contribution in [0.1, 0.15) is 55.8 Å². The average Bonchev–Trinajstić information content (AvgIpc) is 3.02. The van der Waals surface area contributed by atoms with Gasteiger partial charge in [0, 0.05) is 13.0 Å². The fourth-order valence-electron chi connectivity index (χ4n) is 3.14. The minimum Gasteiger partial charge on any atom is -0.481 e. The van der Waals surface area contributed by atoms with Crippen LogP contribution in [-0.2, 0) is 9.59 Å². The lowest BCUT2D eigenvalue weighted by atomic mass is 9.82. The van der Waals surface area contributed by atoms with Gasteiger partial charge >= 0.3 is 5.97 Å². The van der Waals surface area contributed by atoms with E-state index in [0.717, 1.165) is 19.3 Å². The minimum absolute atomic E-state index is 0.0623. The van der Waals surface area contributed by atoms with Gasteiger partial charge in [0.15, 0.2) is 0 Å². The first-order valence-electron chi connectivity index (χ1n) is 8.39. The molecule has 3 N–H and O–H groups in total. The number of amides is 2. The Bertz CT molecular complexity index is 621. The van der Waals surface area contributed by atoms with Crippen molar-refractivity contribution in [2.24, 2.45) is 5.41 Å². The van der Waals surface area contributed by atoms with Gasteiger partial charge in [-0.15, -0.1) is 0 Å². The zero-order valence-corrected chi connectivity index (χ0v) is 13.9. The largest absolute Gasteiger partial charge is 0.481 e. The van der Waals surface area contributed by atoms with E-state index in [1.165, 1.54) is 0 Å².